The summed E-state index contributed by atoms with van der Waals surface area (Å²) in [4.78, 5) is 50.5. The molecule has 8 nitrogen and oxygen atoms in total. The molecule has 2 aromatic rings. The molecule has 1 unspecified atom stereocenters. The normalized spacial score (nSPS) is 29.2. The molecule has 0 bridgehead atoms. The van der Waals surface area contributed by atoms with Crippen LogP contribution in [0.25, 0.3) is 0 Å². The van der Waals surface area contributed by atoms with Crippen molar-refractivity contribution in [1.29, 1.82) is 0 Å². The van der Waals surface area contributed by atoms with Gasteiger partial charge < -0.3 is 24.7 Å². The molecule has 4 aliphatic rings. The van der Waals surface area contributed by atoms with Crippen LogP contribution in [-0.2, 0) is 14.4 Å². The van der Waals surface area contributed by atoms with Crippen LogP contribution in [0.3, 0.4) is 0 Å². The minimum absolute atomic E-state index is 0.106. The Morgan fingerprint density at radius 1 is 0.905 bits per heavy atom. The van der Waals surface area contributed by atoms with Gasteiger partial charge in [-0.15, -0.1) is 11.8 Å². The fourth-order valence-corrected chi connectivity index (χ4v) is 9.14. The number of para-hydroxylation sites is 1. The van der Waals surface area contributed by atoms with Gasteiger partial charge in [-0.1, -0.05) is 42.5 Å². The monoisotopic (exact) mass is 586 g/mol. The summed E-state index contributed by atoms with van der Waals surface area (Å²) in [5.41, 5.74) is 2.63. The Hall–Kier alpha value is -3.56. The Labute approximate surface area is 251 Å². The van der Waals surface area contributed by atoms with Crippen LogP contribution in [-0.4, -0.2) is 82.6 Å². The number of hydrogen-bond acceptors (Lipinski definition) is 6. The van der Waals surface area contributed by atoms with E-state index in [1.54, 1.807) is 33.4 Å². The summed E-state index contributed by atoms with van der Waals surface area (Å²) in [6.07, 6.45) is 8.03. The summed E-state index contributed by atoms with van der Waals surface area (Å²) in [5, 5.41) is 9.97. The van der Waals surface area contributed by atoms with Gasteiger partial charge in [0.25, 0.3) is 5.91 Å². The van der Waals surface area contributed by atoms with E-state index < -0.39 is 28.7 Å². The maximum atomic E-state index is 14.6. The van der Waals surface area contributed by atoms with Gasteiger partial charge in [-0.25, -0.2) is 0 Å². The van der Waals surface area contributed by atoms with Gasteiger partial charge in [-0.05, 0) is 57.2 Å². The lowest BCUT2D eigenvalue weighted by molar-refractivity contribution is -0.141. The minimum Gasteiger partial charge on any atom is -0.394 e. The molecular weight excluding hydrogens is 548 g/mol. The van der Waals surface area contributed by atoms with Crippen molar-refractivity contribution in [1.82, 2.24) is 4.90 Å². The van der Waals surface area contributed by atoms with Crippen LogP contribution in [0.2, 0.25) is 0 Å². The number of carbonyl (C=O) groups is 3. The Balaban J connectivity index is 1.40. The van der Waals surface area contributed by atoms with Crippen LogP contribution in [0, 0.1) is 11.8 Å². The molecule has 0 aliphatic carbocycles. The van der Waals surface area contributed by atoms with Crippen LogP contribution in [0.1, 0.15) is 20.8 Å². The molecule has 0 saturated carbocycles. The summed E-state index contributed by atoms with van der Waals surface area (Å²) in [6, 6.07) is 16.1. The number of rotatable bonds is 7. The van der Waals surface area contributed by atoms with Crippen molar-refractivity contribution >= 4 is 46.5 Å². The van der Waals surface area contributed by atoms with Crippen LogP contribution in [0.15, 0.2) is 78.9 Å². The fourth-order valence-electron chi connectivity index (χ4n) is 7.14. The number of hydrogen-bond donors (Lipinski definition) is 1. The molecule has 4 heterocycles. The van der Waals surface area contributed by atoms with E-state index in [0.717, 1.165) is 30.2 Å². The van der Waals surface area contributed by atoms with E-state index in [-0.39, 0.29) is 29.6 Å². The van der Waals surface area contributed by atoms with E-state index in [1.165, 1.54) is 0 Å². The molecule has 6 rings (SSSR count). The van der Waals surface area contributed by atoms with Gasteiger partial charge in [0.15, 0.2) is 0 Å². The van der Waals surface area contributed by atoms with E-state index in [1.807, 2.05) is 78.9 Å². The van der Waals surface area contributed by atoms with Crippen molar-refractivity contribution in [2.24, 2.45) is 11.8 Å². The van der Waals surface area contributed by atoms with E-state index in [0.29, 0.717) is 13.1 Å². The van der Waals surface area contributed by atoms with Gasteiger partial charge in [-0.3, -0.25) is 14.4 Å². The molecule has 42 heavy (non-hydrogen) atoms. The summed E-state index contributed by atoms with van der Waals surface area (Å²) in [6.45, 7) is 8.28. The largest absolute Gasteiger partial charge is 0.394 e. The number of amides is 3. The molecule has 0 aromatic heterocycles. The van der Waals surface area contributed by atoms with Crippen molar-refractivity contribution in [3.8, 4) is 0 Å². The van der Waals surface area contributed by atoms with Crippen molar-refractivity contribution in [2.45, 2.75) is 42.9 Å². The second-order valence-electron chi connectivity index (χ2n) is 11.4. The van der Waals surface area contributed by atoms with Gasteiger partial charge in [-0.2, -0.15) is 0 Å². The first-order valence-electron chi connectivity index (χ1n) is 14.8. The zero-order valence-corrected chi connectivity index (χ0v) is 25.1. The van der Waals surface area contributed by atoms with E-state index in [4.69, 9.17) is 0 Å². The average molecular weight is 587 g/mol. The number of likely N-dealkylation sites (tertiary alicyclic amines) is 1. The van der Waals surface area contributed by atoms with Gasteiger partial charge in [0.1, 0.15) is 6.04 Å². The zero-order chi connectivity index (χ0) is 29.6. The maximum absolute atomic E-state index is 14.6. The topological polar surface area (TPSA) is 84.4 Å². The highest BCUT2D eigenvalue weighted by Gasteiger charge is 2.71. The minimum atomic E-state index is -0.928. The zero-order valence-electron chi connectivity index (χ0n) is 24.3. The van der Waals surface area contributed by atoms with E-state index in [2.05, 4.69) is 18.7 Å². The molecule has 9 heteroatoms. The molecule has 2 fully saturated rings. The number of carbonyl (C=O) groups excluding carboxylic acids is 3. The molecule has 220 valence electrons. The third-order valence-electron chi connectivity index (χ3n) is 9.19. The van der Waals surface area contributed by atoms with Crippen LogP contribution in [0.5, 0.6) is 0 Å². The maximum Gasteiger partial charge on any atom is 0.251 e. The number of thioether (sulfide) groups is 1. The Morgan fingerprint density at radius 2 is 1.55 bits per heavy atom. The van der Waals surface area contributed by atoms with E-state index in [9.17, 15) is 19.5 Å². The molecule has 3 amide bonds. The van der Waals surface area contributed by atoms with Crippen LogP contribution < -0.4 is 14.7 Å². The number of aliphatic hydroxyl groups excluding tert-OH is 1. The highest BCUT2D eigenvalue weighted by molar-refractivity contribution is 8.02. The first-order chi connectivity index (χ1) is 20.4. The summed E-state index contributed by atoms with van der Waals surface area (Å²) < 4.78 is -0.928. The second kappa shape index (κ2) is 11.3. The van der Waals surface area contributed by atoms with Gasteiger partial charge in [0, 0.05) is 48.5 Å². The third kappa shape index (κ3) is 4.36. The predicted molar refractivity (Wildman–Crippen MR) is 168 cm³/mol. The quantitative estimate of drug-likeness (QED) is 0.498. The standard InChI is InChI=1S/C33H38N4O4S/c1-4-34(5-2)23-14-16-25(17-15-23)36-20-10-18-33-28(31(40)37(22(3)21-38)29(33)32(36)41)27-26(42-33)13-9-19-35(30(27)39)24-11-7-6-8-12-24/h6-18,22,26-29,38H,4-5,19-21H2,1-3H3/t22-,26+,27-,28+,29?,33+/m1/s1. The lowest BCUT2D eigenvalue weighted by atomic mass is 9.78. The van der Waals surface area contributed by atoms with Gasteiger partial charge >= 0.3 is 0 Å². The molecule has 1 spiro atoms. The Morgan fingerprint density at radius 3 is 2.21 bits per heavy atom. The number of benzene rings is 2. The number of fused-ring (bicyclic) bond motifs is 2. The first kappa shape index (κ1) is 28.6. The predicted octanol–water partition coefficient (Wildman–Crippen LogP) is 3.72. The lowest BCUT2D eigenvalue weighted by Crippen LogP contribution is -2.56. The third-order valence-corrected chi connectivity index (χ3v) is 10.9. The second-order valence-corrected chi connectivity index (χ2v) is 12.9. The number of nitrogens with zero attached hydrogens (tertiary/aromatic N) is 4. The van der Waals surface area contributed by atoms with Gasteiger partial charge in [0.2, 0.25) is 11.8 Å². The molecule has 6 atom stereocenters. The average Bonchev–Trinajstić information content (AvgIpc) is 3.34. The van der Waals surface area contributed by atoms with E-state index >= 15 is 0 Å². The number of anilines is 3. The van der Waals surface area contributed by atoms with Crippen LogP contribution in [0.4, 0.5) is 17.1 Å². The number of aliphatic hydroxyl groups is 1. The molecule has 1 N–H and O–H groups in total. The Kier molecular flexibility index (Phi) is 7.66. The van der Waals surface area contributed by atoms with Crippen molar-refractivity contribution in [3.63, 3.8) is 0 Å². The van der Waals surface area contributed by atoms with Crippen molar-refractivity contribution in [3.05, 3.63) is 78.9 Å². The molecular formula is C33H38N4O4S. The first-order valence-corrected chi connectivity index (χ1v) is 15.7. The molecule has 2 aromatic carbocycles. The molecule has 2 saturated heterocycles. The highest BCUT2D eigenvalue weighted by Crippen LogP contribution is 2.61. The molecule has 0 radical (unpaired) electrons. The van der Waals surface area contributed by atoms with Crippen molar-refractivity contribution < 1.29 is 19.5 Å². The molecule has 4 aliphatic heterocycles. The fraction of sp³-hybridized carbons (Fsp3) is 0.424. The smallest absolute Gasteiger partial charge is 0.251 e. The summed E-state index contributed by atoms with van der Waals surface area (Å²) >= 11 is 1.55. The SMILES string of the molecule is CCN(CC)c1ccc(N2CC=C[C@]34S[C@H]5C=CCN(c6ccccc6)C(=O)[C@H]5[C@H]3C(=O)N([C@H](C)CO)C4C2=O)cc1. The van der Waals surface area contributed by atoms with Crippen LogP contribution >= 0.6 is 11.8 Å². The van der Waals surface area contributed by atoms with Gasteiger partial charge in [0.05, 0.1) is 29.2 Å². The summed E-state index contributed by atoms with van der Waals surface area (Å²) in [5.74, 6) is -1.89. The lowest BCUT2D eigenvalue weighted by Gasteiger charge is -2.37. The Bertz CT molecular complexity index is 1410. The summed E-state index contributed by atoms with van der Waals surface area (Å²) in [7, 11) is 0. The highest BCUT2D eigenvalue weighted by atomic mass is 32.2. The van der Waals surface area contributed by atoms with Crippen molar-refractivity contribution in [2.75, 3.05) is 47.5 Å².